The molecule has 2 fully saturated rings. The Morgan fingerprint density at radius 2 is 1.83 bits per heavy atom. The van der Waals surface area contributed by atoms with Crippen LogP contribution in [0.15, 0.2) is 0 Å². The van der Waals surface area contributed by atoms with Crippen LogP contribution >= 0.6 is 0 Å². The quantitative estimate of drug-likeness (QED) is 0.779. The first kappa shape index (κ1) is 14.3. The van der Waals surface area contributed by atoms with Crippen LogP contribution in [0.4, 0.5) is 0 Å². The molecule has 2 atom stereocenters. The molecule has 0 aromatic carbocycles. The predicted molar refractivity (Wildman–Crippen MR) is 78.9 cm³/mol. The van der Waals surface area contributed by atoms with E-state index in [1.54, 1.807) is 0 Å². The van der Waals surface area contributed by atoms with Gasteiger partial charge < -0.3 is 5.32 Å². The summed E-state index contributed by atoms with van der Waals surface area (Å²) in [6, 6.07) is 2.19. The van der Waals surface area contributed by atoms with E-state index < -0.39 is 0 Å². The highest BCUT2D eigenvalue weighted by Gasteiger charge is 2.26. The SMILES string of the molecule is CC(C)N(CC1CCCCN1)C(C)CC1CCC1. The number of nitrogens with zero attached hydrogens (tertiary/aromatic N) is 1. The minimum absolute atomic E-state index is 0.684. The lowest BCUT2D eigenvalue weighted by molar-refractivity contribution is 0.106. The lowest BCUT2D eigenvalue weighted by Crippen LogP contribution is -2.49. The van der Waals surface area contributed by atoms with Crippen molar-refractivity contribution in [2.24, 2.45) is 5.92 Å². The molecule has 1 saturated heterocycles. The molecule has 1 N–H and O–H groups in total. The predicted octanol–water partition coefficient (Wildman–Crippen LogP) is 3.42. The van der Waals surface area contributed by atoms with Crippen molar-refractivity contribution < 1.29 is 0 Å². The Hall–Kier alpha value is -0.0800. The Morgan fingerprint density at radius 1 is 1.06 bits per heavy atom. The second-order valence-electron chi connectivity index (χ2n) is 6.82. The number of nitrogens with one attached hydrogen (secondary N) is 1. The van der Waals surface area contributed by atoms with Crippen molar-refractivity contribution in [2.45, 2.75) is 83.8 Å². The van der Waals surface area contributed by atoms with Crippen molar-refractivity contribution in [3.05, 3.63) is 0 Å². The standard InChI is InChI=1S/C16H32N2/c1-13(2)18(12-16-9-4-5-10-17-16)14(3)11-15-7-6-8-15/h13-17H,4-12H2,1-3H3. The molecule has 2 heteroatoms. The van der Waals surface area contributed by atoms with Gasteiger partial charge in [0.25, 0.3) is 0 Å². The van der Waals surface area contributed by atoms with E-state index in [-0.39, 0.29) is 0 Å². The van der Waals surface area contributed by atoms with E-state index in [1.807, 2.05) is 0 Å². The molecule has 1 heterocycles. The molecule has 0 spiro atoms. The molecule has 0 amide bonds. The molecule has 1 saturated carbocycles. The van der Waals surface area contributed by atoms with Crippen molar-refractivity contribution in [1.29, 1.82) is 0 Å². The zero-order chi connectivity index (χ0) is 13.0. The Kier molecular flexibility index (Phi) is 5.50. The van der Waals surface area contributed by atoms with Gasteiger partial charge in [-0.25, -0.2) is 0 Å². The summed E-state index contributed by atoms with van der Waals surface area (Å²) in [5.41, 5.74) is 0. The van der Waals surface area contributed by atoms with Gasteiger partial charge in [-0.15, -0.1) is 0 Å². The highest BCUT2D eigenvalue weighted by atomic mass is 15.2. The summed E-state index contributed by atoms with van der Waals surface area (Å²) >= 11 is 0. The Bertz CT molecular complexity index is 229. The van der Waals surface area contributed by atoms with Gasteiger partial charge in [-0.05, 0) is 52.5 Å². The van der Waals surface area contributed by atoms with Gasteiger partial charge in [-0.3, -0.25) is 4.90 Å². The maximum Gasteiger partial charge on any atom is 0.0195 e. The van der Waals surface area contributed by atoms with Crippen molar-refractivity contribution in [3.8, 4) is 0 Å². The second kappa shape index (κ2) is 6.91. The minimum atomic E-state index is 0.684. The summed E-state index contributed by atoms with van der Waals surface area (Å²) in [4.78, 5) is 2.74. The number of piperidine rings is 1. The average molecular weight is 252 g/mol. The number of hydrogen-bond donors (Lipinski definition) is 1. The molecule has 0 aromatic heterocycles. The van der Waals surface area contributed by atoms with Gasteiger partial charge in [0.15, 0.2) is 0 Å². The summed E-state index contributed by atoms with van der Waals surface area (Å²) in [6.45, 7) is 9.65. The van der Waals surface area contributed by atoms with Crippen LogP contribution < -0.4 is 5.32 Å². The fourth-order valence-electron chi connectivity index (χ4n) is 3.58. The van der Waals surface area contributed by atoms with Crippen LogP contribution in [0, 0.1) is 5.92 Å². The highest BCUT2D eigenvalue weighted by Crippen LogP contribution is 2.32. The van der Waals surface area contributed by atoms with Crippen LogP contribution in [0.1, 0.15) is 65.7 Å². The zero-order valence-corrected chi connectivity index (χ0v) is 12.6. The molecular formula is C16H32N2. The summed E-state index contributed by atoms with van der Waals surface area (Å²) in [5, 5.41) is 3.70. The van der Waals surface area contributed by atoms with E-state index in [0.29, 0.717) is 6.04 Å². The topological polar surface area (TPSA) is 15.3 Å². The molecule has 106 valence electrons. The van der Waals surface area contributed by atoms with Crippen molar-refractivity contribution in [3.63, 3.8) is 0 Å². The summed E-state index contributed by atoms with van der Waals surface area (Å²) in [5.74, 6) is 1.03. The smallest absolute Gasteiger partial charge is 0.0195 e. The largest absolute Gasteiger partial charge is 0.313 e. The van der Waals surface area contributed by atoms with Gasteiger partial charge in [-0.1, -0.05) is 25.7 Å². The second-order valence-corrected chi connectivity index (χ2v) is 6.82. The highest BCUT2D eigenvalue weighted by molar-refractivity contribution is 4.83. The Balaban J connectivity index is 1.81. The van der Waals surface area contributed by atoms with Crippen LogP contribution in [0.3, 0.4) is 0 Å². The van der Waals surface area contributed by atoms with Gasteiger partial charge in [0.05, 0.1) is 0 Å². The third kappa shape index (κ3) is 3.96. The molecule has 2 aliphatic rings. The van der Waals surface area contributed by atoms with Crippen LogP contribution in [-0.4, -0.2) is 36.1 Å². The monoisotopic (exact) mass is 252 g/mol. The van der Waals surface area contributed by atoms with Crippen LogP contribution in [0.5, 0.6) is 0 Å². The first-order chi connectivity index (χ1) is 8.66. The lowest BCUT2D eigenvalue weighted by atomic mass is 9.80. The fraction of sp³-hybridized carbons (Fsp3) is 1.00. The summed E-state index contributed by atoms with van der Waals surface area (Å²) in [7, 11) is 0. The first-order valence-electron chi connectivity index (χ1n) is 8.16. The van der Waals surface area contributed by atoms with E-state index in [2.05, 4.69) is 31.0 Å². The minimum Gasteiger partial charge on any atom is -0.313 e. The maximum atomic E-state index is 3.70. The fourth-order valence-corrected chi connectivity index (χ4v) is 3.58. The van der Waals surface area contributed by atoms with E-state index in [4.69, 9.17) is 0 Å². The van der Waals surface area contributed by atoms with E-state index in [1.165, 1.54) is 58.0 Å². The molecule has 0 aromatic rings. The number of rotatable bonds is 6. The average Bonchev–Trinajstić information content (AvgIpc) is 2.31. The first-order valence-corrected chi connectivity index (χ1v) is 8.16. The molecule has 18 heavy (non-hydrogen) atoms. The summed E-state index contributed by atoms with van der Waals surface area (Å²) < 4.78 is 0. The van der Waals surface area contributed by atoms with Gasteiger partial charge in [0.2, 0.25) is 0 Å². The maximum absolute atomic E-state index is 3.70. The van der Waals surface area contributed by atoms with E-state index in [0.717, 1.165) is 18.0 Å². The lowest BCUT2D eigenvalue weighted by Gasteiger charge is -2.40. The Labute approximate surface area is 114 Å². The van der Waals surface area contributed by atoms with Gasteiger partial charge in [0.1, 0.15) is 0 Å². The Morgan fingerprint density at radius 3 is 2.33 bits per heavy atom. The van der Waals surface area contributed by atoms with E-state index in [9.17, 15) is 0 Å². The molecule has 2 nitrogen and oxygen atoms in total. The normalized spacial score (nSPS) is 27.5. The zero-order valence-electron chi connectivity index (χ0n) is 12.6. The molecular weight excluding hydrogens is 220 g/mol. The van der Waals surface area contributed by atoms with Crippen LogP contribution in [0.25, 0.3) is 0 Å². The third-order valence-electron chi connectivity index (χ3n) is 4.97. The van der Waals surface area contributed by atoms with E-state index >= 15 is 0 Å². The number of hydrogen-bond acceptors (Lipinski definition) is 2. The van der Waals surface area contributed by atoms with Crippen molar-refractivity contribution in [1.82, 2.24) is 10.2 Å². The van der Waals surface area contributed by atoms with Gasteiger partial charge in [-0.2, -0.15) is 0 Å². The molecule has 0 radical (unpaired) electrons. The van der Waals surface area contributed by atoms with Crippen LogP contribution in [0.2, 0.25) is 0 Å². The summed E-state index contributed by atoms with van der Waals surface area (Å²) in [6.07, 6.45) is 10.0. The molecule has 2 unspecified atom stereocenters. The van der Waals surface area contributed by atoms with Crippen LogP contribution in [-0.2, 0) is 0 Å². The molecule has 0 bridgehead atoms. The van der Waals surface area contributed by atoms with Gasteiger partial charge in [0, 0.05) is 24.7 Å². The van der Waals surface area contributed by atoms with Crippen molar-refractivity contribution >= 4 is 0 Å². The third-order valence-corrected chi connectivity index (χ3v) is 4.97. The molecule has 1 aliphatic carbocycles. The van der Waals surface area contributed by atoms with Gasteiger partial charge >= 0.3 is 0 Å². The molecule has 2 rings (SSSR count). The molecule has 1 aliphatic heterocycles. The van der Waals surface area contributed by atoms with Crippen molar-refractivity contribution in [2.75, 3.05) is 13.1 Å².